The van der Waals surface area contributed by atoms with Gasteiger partial charge in [-0.3, -0.25) is 0 Å². The number of hydrogen-bond acceptors (Lipinski definition) is 3. The summed E-state index contributed by atoms with van der Waals surface area (Å²) in [6.45, 7) is 5.90. The van der Waals surface area contributed by atoms with Gasteiger partial charge in [-0.05, 0) is 44.0 Å². The van der Waals surface area contributed by atoms with Gasteiger partial charge in [0, 0.05) is 24.4 Å². The summed E-state index contributed by atoms with van der Waals surface area (Å²) in [4.78, 5) is 8.75. The first-order valence-corrected chi connectivity index (χ1v) is 6.57. The van der Waals surface area contributed by atoms with Crippen molar-refractivity contribution < 1.29 is 5.11 Å². The third-order valence-corrected chi connectivity index (χ3v) is 3.73. The molecule has 0 atom stereocenters. The minimum absolute atomic E-state index is 0.321. The van der Waals surface area contributed by atoms with Crippen LogP contribution in [0.2, 0.25) is 0 Å². The maximum absolute atomic E-state index is 10.4. The molecular formula is C16H17N3O. The first-order chi connectivity index (χ1) is 9.49. The van der Waals surface area contributed by atoms with Gasteiger partial charge >= 0.3 is 0 Å². The summed E-state index contributed by atoms with van der Waals surface area (Å²) >= 11 is 0. The molecule has 102 valence electrons. The van der Waals surface area contributed by atoms with Gasteiger partial charge in [-0.2, -0.15) is 0 Å². The maximum atomic E-state index is 10.4. The lowest BCUT2D eigenvalue weighted by molar-refractivity contribution is 0.473. The van der Waals surface area contributed by atoms with Gasteiger partial charge in [-0.1, -0.05) is 6.07 Å². The maximum Gasteiger partial charge on any atom is 0.178 e. The van der Waals surface area contributed by atoms with Crippen molar-refractivity contribution >= 4 is 11.2 Å². The zero-order valence-electron chi connectivity index (χ0n) is 12.1. The second kappa shape index (κ2) is 4.34. The van der Waals surface area contributed by atoms with Crippen molar-refractivity contribution in [3.8, 4) is 16.9 Å². The lowest BCUT2D eigenvalue weighted by atomic mass is 9.99. The van der Waals surface area contributed by atoms with Crippen LogP contribution in [0.15, 0.2) is 24.4 Å². The van der Waals surface area contributed by atoms with Crippen LogP contribution in [0.4, 0.5) is 0 Å². The first-order valence-electron chi connectivity index (χ1n) is 6.57. The number of hydrogen-bond donors (Lipinski definition) is 1. The number of phenols is 1. The number of rotatable bonds is 1. The Hall–Kier alpha value is -2.36. The molecule has 1 N–H and O–H groups in total. The van der Waals surface area contributed by atoms with Gasteiger partial charge in [0.15, 0.2) is 5.65 Å². The fraction of sp³-hybridized carbons (Fsp3) is 0.250. The molecule has 0 bridgehead atoms. The molecular weight excluding hydrogens is 250 g/mol. The molecule has 0 spiro atoms. The lowest BCUT2D eigenvalue weighted by Gasteiger charge is -2.11. The van der Waals surface area contributed by atoms with E-state index in [-0.39, 0.29) is 0 Å². The zero-order chi connectivity index (χ0) is 14.4. The first kappa shape index (κ1) is 12.7. The Morgan fingerprint density at radius 3 is 2.60 bits per heavy atom. The smallest absolute Gasteiger partial charge is 0.178 e. The van der Waals surface area contributed by atoms with Gasteiger partial charge in [0.25, 0.3) is 0 Å². The predicted molar refractivity (Wildman–Crippen MR) is 79.8 cm³/mol. The van der Waals surface area contributed by atoms with Crippen LogP contribution in [0.3, 0.4) is 0 Å². The second-order valence-electron chi connectivity index (χ2n) is 5.23. The van der Waals surface area contributed by atoms with Gasteiger partial charge in [0.2, 0.25) is 0 Å². The van der Waals surface area contributed by atoms with Gasteiger partial charge in [-0.25, -0.2) is 9.97 Å². The molecule has 0 fully saturated rings. The molecule has 1 aromatic carbocycles. The van der Waals surface area contributed by atoms with Crippen molar-refractivity contribution in [1.29, 1.82) is 0 Å². The van der Waals surface area contributed by atoms with Gasteiger partial charge in [0.1, 0.15) is 11.6 Å². The molecule has 3 rings (SSSR count). The molecule has 0 aliphatic rings. The Bertz CT molecular complexity index is 818. The van der Waals surface area contributed by atoms with Gasteiger partial charge in [-0.15, -0.1) is 0 Å². The highest BCUT2D eigenvalue weighted by atomic mass is 16.3. The van der Waals surface area contributed by atoms with Crippen LogP contribution in [0.5, 0.6) is 5.75 Å². The lowest BCUT2D eigenvalue weighted by Crippen LogP contribution is -1.94. The van der Waals surface area contributed by atoms with Crippen LogP contribution in [0.25, 0.3) is 22.3 Å². The Morgan fingerprint density at radius 1 is 1.10 bits per heavy atom. The Labute approximate surface area is 117 Å². The molecule has 0 radical (unpaired) electrons. The van der Waals surface area contributed by atoms with E-state index in [4.69, 9.17) is 0 Å². The van der Waals surface area contributed by atoms with E-state index in [1.54, 1.807) is 6.20 Å². The van der Waals surface area contributed by atoms with Crippen molar-refractivity contribution in [3.63, 3.8) is 0 Å². The summed E-state index contributed by atoms with van der Waals surface area (Å²) in [6.07, 6.45) is 1.74. The third kappa shape index (κ3) is 1.76. The van der Waals surface area contributed by atoms with Gasteiger partial charge in [0.05, 0.1) is 5.52 Å². The fourth-order valence-corrected chi connectivity index (χ4v) is 2.63. The largest absolute Gasteiger partial charge is 0.507 e. The summed E-state index contributed by atoms with van der Waals surface area (Å²) in [5.41, 5.74) is 5.45. The van der Waals surface area contributed by atoms with Gasteiger partial charge < -0.3 is 9.67 Å². The molecule has 0 aliphatic heterocycles. The standard InChI is InChI=1S/C16H17N3O/c1-9-7-10(2)15(20)13(8-9)12-5-6-17-16-14(12)19(4)11(3)18-16/h5-8,20H,1-4H3. The minimum Gasteiger partial charge on any atom is -0.507 e. The number of fused-ring (bicyclic) bond motifs is 1. The van der Waals surface area contributed by atoms with Crippen LogP contribution >= 0.6 is 0 Å². The highest BCUT2D eigenvalue weighted by Gasteiger charge is 2.15. The van der Waals surface area contributed by atoms with Crippen molar-refractivity contribution in [2.24, 2.45) is 7.05 Å². The molecule has 4 heteroatoms. The summed E-state index contributed by atoms with van der Waals surface area (Å²) in [7, 11) is 1.97. The Morgan fingerprint density at radius 2 is 1.85 bits per heavy atom. The second-order valence-corrected chi connectivity index (χ2v) is 5.23. The van der Waals surface area contributed by atoms with E-state index in [1.807, 2.05) is 50.6 Å². The summed E-state index contributed by atoms with van der Waals surface area (Å²) < 4.78 is 2.01. The molecule has 0 aliphatic carbocycles. The van der Waals surface area contributed by atoms with E-state index >= 15 is 0 Å². The van der Waals surface area contributed by atoms with Crippen LogP contribution in [0, 0.1) is 20.8 Å². The van der Waals surface area contributed by atoms with E-state index in [0.717, 1.165) is 33.6 Å². The van der Waals surface area contributed by atoms with Crippen LogP contribution in [-0.4, -0.2) is 19.6 Å². The van der Waals surface area contributed by atoms with Crippen molar-refractivity contribution in [2.75, 3.05) is 0 Å². The van der Waals surface area contributed by atoms with Crippen molar-refractivity contribution in [1.82, 2.24) is 14.5 Å². The topological polar surface area (TPSA) is 50.9 Å². The third-order valence-electron chi connectivity index (χ3n) is 3.73. The fourth-order valence-electron chi connectivity index (χ4n) is 2.63. The average Bonchev–Trinajstić information content (AvgIpc) is 2.70. The van der Waals surface area contributed by atoms with E-state index in [2.05, 4.69) is 9.97 Å². The number of phenolic OH excluding ortho intramolecular Hbond substituents is 1. The zero-order valence-corrected chi connectivity index (χ0v) is 12.1. The molecule has 0 unspecified atom stereocenters. The van der Waals surface area contributed by atoms with E-state index in [1.165, 1.54) is 0 Å². The Balaban J connectivity index is 2.41. The van der Waals surface area contributed by atoms with E-state index in [0.29, 0.717) is 11.4 Å². The van der Waals surface area contributed by atoms with Crippen molar-refractivity contribution in [2.45, 2.75) is 20.8 Å². The monoisotopic (exact) mass is 267 g/mol. The average molecular weight is 267 g/mol. The van der Waals surface area contributed by atoms with E-state index in [9.17, 15) is 5.11 Å². The van der Waals surface area contributed by atoms with Crippen LogP contribution in [0.1, 0.15) is 17.0 Å². The highest BCUT2D eigenvalue weighted by molar-refractivity contribution is 5.92. The van der Waals surface area contributed by atoms with Crippen LogP contribution in [-0.2, 0) is 7.05 Å². The normalized spacial score (nSPS) is 11.2. The summed E-state index contributed by atoms with van der Waals surface area (Å²) in [5, 5.41) is 10.4. The number of benzene rings is 1. The molecule has 2 heterocycles. The van der Waals surface area contributed by atoms with Crippen LogP contribution < -0.4 is 0 Å². The highest BCUT2D eigenvalue weighted by Crippen LogP contribution is 2.36. The number of aromatic nitrogens is 3. The van der Waals surface area contributed by atoms with E-state index < -0.39 is 0 Å². The molecule has 0 amide bonds. The number of nitrogens with zero attached hydrogens (tertiary/aromatic N) is 3. The molecule has 0 saturated heterocycles. The number of aromatic hydroxyl groups is 1. The summed E-state index contributed by atoms with van der Waals surface area (Å²) in [5.74, 6) is 1.23. The number of imidazole rings is 1. The quantitative estimate of drug-likeness (QED) is 0.736. The SMILES string of the molecule is Cc1cc(C)c(O)c(-c2ccnc3nc(C)n(C)c23)c1. The Kier molecular flexibility index (Phi) is 2.74. The number of aryl methyl sites for hydroxylation is 4. The predicted octanol–water partition coefficient (Wildman–Crippen LogP) is 3.27. The number of pyridine rings is 1. The summed E-state index contributed by atoms with van der Waals surface area (Å²) in [6, 6.07) is 5.91. The molecule has 2 aromatic heterocycles. The minimum atomic E-state index is 0.321. The molecule has 3 aromatic rings. The molecule has 20 heavy (non-hydrogen) atoms. The molecule has 0 saturated carbocycles. The van der Waals surface area contributed by atoms with Crippen molar-refractivity contribution in [3.05, 3.63) is 41.3 Å². The molecule has 4 nitrogen and oxygen atoms in total.